The lowest BCUT2D eigenvalue weighted by molar-refractivity contribution is 0.248. The summed E-state index contributed by atoms with van der Waals surface area (Å²) < 4.78 is 5.56. The van der Waals surface area contributed by atoms with E-state index in [1.807, 2.05) is 24.3 Å². The molecule has 2 aromatic rings. The fraction of sp³-hybridized carbons (Fsp3) is 0.286. The molecule has 2 heteroatoms. The minimum absolute atomic E-state index is 0.0517. The molecule has 0 spiro atoms. The van der Waals surface area contributed by atoms with Crippen LogP contribution >= 0.6 is 0 Å². The molecule has 0 aliphatic heterocycles. The van der Waals surface area contributed by atoms with E-state index >= 15 is 0 Å². The first-order chi connectivity index (χ1) is 7.72. The molecule has 84 valence electrons. The van der Waals surface area contributed by atoms with Gasteiger partial charge in [0.2, 0.25) is 0 Å². The average molecular weight is 216 g/mol. The number of aliphatic hydroxyl groups excluding tert-OH is 1. The number of hydrogen-bond acceptors (Lipinski definition) is 2. The van der Waals surface area contributed by atoms with Gasteiger partial charge < -0.3 is 9.52 Å². The monoisotopic (exact) mass is 216 g/mol. The molecule has 0 saturated carbocycles. The van der Waals surface area contributed by atoms with Gasteiger partial charge in [-0.15, -0.1) is 0 Å². The third kappa shape index (κ3) is 2.02. The number of aliphatic hydroxyl groups is 1. The second kappa shape index (κ2) is 4.54. The molecule has 0 fully saturated rings. The molecular weight excluding hydrogens is 200 g/mol. The predicted octanol–water partition coefficient (Wildman–Crippen LogP) is 3.56. The molecule has 1 aromatic heterocycles. The molecule has 1 aromatic carbocycles. The van der Waals surface area contributed by atoms with E-state index in [4.69, 9.17) is 9.52 Å². The van der Waals surface area contributed by atoms with Gasteiger partial charge >= 0.3 is 0 Å². The van der Waals surface area contributed by atoms with Crippen molar-refractivity contribution in [1.82, 2.24) is 0 Å². The highest BCUT2D eigenvalue weighted by atomic mass is 16.4. The van der Waals surface area contributed by atoms with Crippen LogP contribution < -0.4 is 0 Å². The van der Waals surface area contributed by atoms with Crippen LogP contribution in [0.4, 0.5) is 0 Å². The highest BCUT2D eigenvalue weighted by Gasteiger charge is 2.10. The summed E-state index contributed by atoms with van der Waals surface area (Å²) in [5.74, 6) is 1.89. The second-order valence-corrected chi connectivity index (χ2v) is 4.17. The third-order valence-electron chi connectivity index (χ3n) is 2.67. The number of furan rings is 1. The van der Waals surface area contributed by atoms with Crippen molar-refractivity contribution in [1.29, 1.82) is 0 Å². The molecule has 0 aliphatic carbocycles. The zero-order valence-electron chi connectivity index (χ0n) is 9.60. The van der Waals surface area contributed by atoms with E-state index in [1.165, 1.54) is 5.56 Å². The van der Waals surface area contributed by atoms with Crippen LogP contribution in [0, 0.1) is 0 Å². The SMILES string of the molecule is CC(C)c1ccccc1-c1ccc(CO)o1. The molecule has 0 unspecified atom stereocenters. The van der Waals surface area contributed by atoms with E-state index in [0.717, 1.165) is 11.3 Å². The van der Waals surface area contributed by atoms with Gasteiger partial charge in [-0.05, 0) is 23.6 Å². The zero-order valence-corrected chi connectivity index (χ0v) is 9.60. The van der Waals surface area contributed by atoms with Crippen LogP contribution in [0.25, 0.3) is 11.3 Å². The number of rotatable bonds is 3. The van der Waals surface area contributed by atoms with Gasteiger partial charge in [-0.1, -0.05) is 38.1 Å². The van der Waals surface area contributed by atoms with E-state index in [0.29, 0.717) is 11.7 Å². The molecule has 2 rings (SSSR count). The van der Waals surface area contributed by atoms with Crippen LogP contribution in [0.5, 0.6) is 0 Å². The minimum atomic E-state index is -0.0517. The first-order valence-electron chi connectivity index (χ1n) is 5.51. The summed E-state index contributed by atoms with van der Waals surface area (Å²) in [5, 5.41) is 8.98. The Balaban J connectivity index is 2.46. The third-order valence-corrected chi connectivity index (χ3v) is 2.67. The average Bonchev–Trinajstić information content (AvgIpc) is 2.77. The normalized spacial score (nSPS) is 11.0. The largest absolute Gasteiger partial charge is 0.459 e. The topological polar surface area (TPSA) is 33.4 Å². The number of hydrogen-bond donors (Lipinski definition) is 1. The fourth-order valence-corrected chi connectivity index (χ4v) is 1.83. The summed E-state index contributed by atoms with van der Waals surface area (Å²) >= 11 is 0. The second-order valence-electron chi connectivity index (χ2n) is 4.17. The molecule has 1 N–H and O–H groups in total. The van der Waals surface area contributed by atoms with E-state index in [2.05, 4.69) is 26.0 Å². The zero-order chi connectivity index (χ0) is 11.5. The van der Waals surface area contributed by atoms with E-state index in [-0.39, 0.29) is 6.61 Å². The van der Waals surface area contributed by atoms with Crippen molar-refractivity contribution in [2.45, 2.75) is 26.4 Å². The molecule has 0 bridgehead atoms. The molecule has 0 saturated heterocycles. The maximum atomic E-state index is 8.98. The van der Waals surface area contributed by atoms with Crippen LogP contribution in [0.3, 0.4) is 0 Å². The Hall–Kier alpha value is -1.54. The van der Waals surface area contributed by atoms with Gasteiger partial charge in [0, 0.05) is 5.56 Å². The predicted molar refractivity (Wildman–Crippen MR) is 64.2 cm³/mol. The van der Waals surface area contributed by atoms with Crippen molar-refractivity contribution < 1.29 is 9.52 Å². The molecular formula is C14H16O2. The van der Waals surface area contributed by atoms with Crippen LogP contribution in [0.1, 0.15) is 31.1 Å². The highest BCUT2D eigenvalue weighted by molar-refractivity contribution is 5.63. The van der Waals surface area contributed by atoms with Crippen molar-refractivity contribution in [2.24, 2.45) is 0 Å². The summed E-state index contributed by atoms with van der Waals surface area (Å²) in [5.41, 5.74) is 2.37. The standard InChI is InChI=1S/C14H16O2/c1-10(2)12-5-3-4-6-13(12)14-8-7-11(9-15)16-14/h3-8,10,15H,9H2,1-2H3. The van der Waals surface area contributed by atoms with Gasteiger partial charge in [-0.2, -0.15) is 0 Å². The molecule has 0 atom stereocenters. The van der Waals surface area contributed by atoms with Crippen LogP contribution in [-0.2, 0) is 6.61 Å². The van der Waals surface area contributed by atoms with Gasteiger partial charge in [0.25, 0.3) is 0 Å². The van der Waals surface area contributed by atoms with Gasteiger partial charge in [0.1, 0.15) is 18.1 Å². The van der Waals surface area contributed by atoms with Gasteiger partial charge in [-0.3, -0.25) is 0 Å². The Morgan fingerprint density at radius 3 is 2.50 bits per heavy atom. The van der Waals surface area contributed by atoms with Crippen molar-refractivity contribution in [2.75, 3.05) is 0 Å². The van der Waals surface area contributed by atoms with E-state index in [9.17, 15) is 0 Å². The van der Waals surface area contributed by atoms with E-state index < -0.39 is 0 Å². The fourth-order valence-electron chi connectivity index (χ4n) is 1.83. The summed E-state index contributed by atoms with van der Waals surface area (Å²) in [6.07, 6.45) is 0. The molecule has 0 aliphatic rings. The summed E-state index contributed by atoms with van der Waals surface area (Å²) in [7, 11) is 0. The van der Waals surface area contributed by atoms with Gasteiger partial charge in [-0.25, -0.2) is 0 Å². The first-order valence-corrected chi connectivity index (χ1v) is 5.51. The van der Waals surface area contributed by atoms with Crippen molar-refractivity contribution in [3.8, 4) is 11.3 Å². The van der Waals surface area contributed by atoms with Crippen LogP contribution in [-0.4, -0.2) is 5.11 Å². The summed E-state index contributed by atoms with van der Waals surface area (Å²) in [4.78, 5) is 0. The Morgan fingerprint density at radius 2 is 1.88 bits per heavy atom. The summed E-state index contributed by atoms with van der Waals surface area (Å²) in [6, 6.07) is 11.9. The molecule has 0 radical (unpaired) electrons. The minimum Gasteiger partial charge on any atom is -0.459 e. The molecule has 16 heavy (non-hydrogen) atoms. The van der Waals surface area contributed by atoms with Gasteiger partial charge in [0.15, 0.2) is 0 Å². The lowest BCUT2D eigenvalue weighted by Gasteiger charge is -2.10. The van der Waals surface area contributed by atoms with Crippen LogP contribution in [0.2, 0.25) is 0 Å². The highest BCUT2D eigenvalue weighted by Crippen LogP contribution is 2.30. The van der Waals surface area contributed by atoms with Gasteiger partial charge in [0.05, 0.1) is 0 Å². The Morgan fingerprint density at radius 1 is 1.12 bits per heavy atom. The maximum absolute atomic E-state index is 8.98. The maximum Gasteiger partial charge on any atom is 0.134 e. The number of benzene rings is 1. The van der Waals surface area contributed by atoms with Crippen molar-refractivity contribution >= 4 is 0 Å². The smallest absolute Gasteiger partial charge is 0.134 e. The van der Waals surface area contributed by atoms with Crippen molar-refractivity contribution in [3.05, 3.63) is 47.7 Å². The van der Waals surface area contributed by atoms with Crippen LogP contribution in [0.15, 0.2) is 40.8 Å². The molecule has 1 heterocycles. The summed E-state index contributed by atoms with van der Waals surface area (Å²) in [6.45, 7) is 4.27. The molecule has 0 amide bonds. The Bertz CT molecular complexity index is 469. The first kappa shape index (κ1) is 11.0. The lowest BCUT2D eigenvalue weighted by Crippen LogP contribution is -1.90. The quantitative estimate of drug-likeness (QED) is 0.851. The Kier molecular flexibility index (Phi) is 3.11. The Labute approximate surface area is 95.5 Å². The van der Waals surface area contributed by atoms with E-state index in [1.54, 1.807) is 0 Å². The van der Waals surface area contributed by atoms with Crippen molar-refractivity contribution in [3.63, 3.8) is 0 Å². The lowest BCUT2D eigenvalue weighted by atomic mass is 9.96. The molecule has 2 nitrogen and oxygen atoms in total.